The average Bonchev–Trinajstić information content (AvgIpc) is 2.98. The molecular weight excluding hydrogens is 258 g/mol. The van der Waals surface area contributed by atoms with Gasteiger partial charge in [-0.05, 0) is 45.6 Å². The van der Waals surface area contributed by atoms with Crippen molar-refractivity contribution in [3.8, 4) is 0 Å². The first-order valence-corrected chi connectivity index (χ1v) is 8.60. The summed E-state index contributed by atoms with van der Waals surface area (Å²) >= 11 is 0. The van der Waals surface area contributed by atoms with Crippen molar-refractivity contribution in [3.05, 3.63) is 35.4 Å². The monoisotopic (exact) mass is 287 g/mol. The van der Waals surface area contributed by atoms with E-state index < -0.39 is 0 Å². The third-order valence-corrected chi connectivity index (χ3v) is 5.68. The third-order valence-electron chi connectivity index (χ3n) is 5.68. The smallest absolute Gasteiger partial charge is 0.0661 e. The predicted molar refractivity (Wildman–Crippen MR) is 87.4 cm³/mol. The number of ether oxygens (including phenoxy) is 1. The standard InChI is InChI=1S/C19H29NO/c1-4-21-18-13-17(19(18)10-5-6-11-19)20-15(3)16-9-7-8-14(2)12-16/h7-9,12,15,17-18,20H,4-6,10-11,13H2,1-3H3/t15-,17?,18?/m0/s1. The molecule has 2 saturated carbocycles. The summed E-state index contributed by atoms with van der Waals surface area (Å²) in [4.78, 5) is 0. The van der Waals surface area contributed by atoms with Crippen molar-refractivity contribution >= 4 is 0 Å². The molecular formula is C19H29NO. The predicted octanol–water partition coefficient (Wildman–Crippen LogP) is 4.38. The second-order valence-corrected chi connectivity index (χ2v) is 6.98. The summed E-state index contributed by atoms with van der Waals surface area (Å²) in [5, 5.41) is 3.90. The van der Waals surface area contributed by atoms with E-state index in [0.717, 1.165) is 6.61 Å². The summed E-state index contributed by atoms with van der Waals surface area (Å²) in [6.45, 7) is 7.44. The quantitative estimate of drug-likeness (QED) is 0.867. The van der Waals surface area contributed by atoms with Crippen LogP contribution in [0, 0.1) is 12.3 Å². The maximum Gasteiger partial charge on any atom is 0.0661 e. The Morgan fingerprint density at radius 3 is 2.76 bits per heavy atom. The molecule has 2 nitrogen and oxygen atoms in total. The fourth-order valence-electron chi connectivity index (χ4n) is 4.46. The van der Waals surface area contributed by atoms with E-state index in [9.17, 15) is 0 Å². The van der Waals surface area contributed by atoms with Crippen LogP contribution in [-0.4, -0.2) is 18.8 Å². The lowest BCUT2D eigenvalue weighted by Crippen LogP contribution is -2.63. The van der Waals surface area contributed by atoms with Crippen LogP contribution in [0.3, 0.4) is 0 Å². The molecule has 0 radical (unpaired) electrons. The van der Waals surface area contributed by atoms with Gasteiger partial charge in [-0.1, -0.05) is 42.7 Å². The van der Waals surface area contributed by atoms with E-state index in [-0.39, 0.29) is 0 Å². The highest BCUT2D eigenvalue weighted by Crippen LogP contribution is 2.55. The molecule has 2 fully saturated rings. The van der Waals surface area contributed by atoms with Crippen LogP contribution >= 0.6 is 0 Å². The Kier molecular flexibility index (Phi) is 4.37. The molecule has 1 N–H and O–H groups in total. The molecule has 2 aliphatic rings. The summed E-state index contributed by atoms with van der Waals surface area (Å²) in [7, 11) is 0. The number of benzene rings is 1. The van der Waals surface area contributed by atoms with Gasteiger partial charge in [0, 0.05) is 24.1 Å². The van der Waals surface area contributed by atoms with Gasteiger partial charge in [0.2, 0.25) is 0 Å². The molecule has 0 amide bonds. The van der Waals surface area contributed by atoms with Crippen LogP contribution in [-0.2, 0) is 4.74 Å². The summed E-state index contributed by atoms with van der Waals surface area (Å²) in [6, 6.07) is 9.94. The molecule has 0 heterocycles. The zero-order valence-electron chi connectivity index (χ0n) is 13.7. The summed E-state index contributed by atoms with van der Waals surface area (Å²) in [5.41, 5.74) is 3.18. The Bertz CT molecular complexity index is 478. The van der Waals surface area contributed by atoms with E-state index in [1.165, 1.54) is 43.2 Å². The molecule has 0 aliphatic heterocycles. The lowest BCUT2D eigenvalue weighted by molar-refractivity contribution is -0.132. The normalized spacial score (nSPS) is 28.5. The number of nitrogens with one attached hydrogen (secondary N) is 1. The van der Waals surface area contributed by atoms with Crippen molar-refractivity contribution in [3.63, 3.8) is 0 Å². The molecule has 3 atom stereocenters. The van der Waals surface area contributed by atoms with Gasteiger partial charge in [0.25, 0.3) is 0 Å². The van der Waals surface area contributed by atoms with E-state index in [1.807, 2.05) is 0 Å². The zero-order valence-corrected chi connectivity index (χ0v) is 13.7. The largest absolute Gasteiger partial charge is 0.378 e. The van der Waals surface area contributed by atoms with E-state index in [1.54, 1.807) is 0 Å². The molecule has 2 aliphatic carbocycles. The van der Waals surface area contributed by atoms with Crippen LogP contribution in [0.15, 0.2) is 24.3 Å². The Hall–Kier alpha value is -0.860. The topological polar surface area (TPSA) is 21.3 Å². The highest BCUT2D eigenvalue weighted by atomic mass is 16.5. The Labute approximate surface area is 129 Å². The van der Waals surface area contributed by atoms with Crippen LogP contribution in [0.1, 0.15) is 63.1 Å². The number of aryl methyl sites for hydroxylation is 1. The third kappa shape index (κ3) is 2.76. The van der Waals surface area contributed by atoms with Crippen molar-refractivity contribution < 1.29 is 4.74 Å². The molecule has 1 spiro atoms. The van der Waals surface area contributed by atoms with Crippen LogP contribution in [0.4, 0.5) is 0 Å². The van der Waals surface area contributed by atoms with Gasteiger partial charge in [-0.2, -0.15) is 0 Å². The van der Waals surface area contributed by atoms with Crippen molar-refractivity contribution in [2.45, 2.75) is 71.1 Å². The first-order chi connectivity index (χ1) is 10.2. The number of hydrogen-bond donors (Lipinski definition) is 1. The number of rotatable bonds is 5. The van der Waals surface area contributed by atoms with Crippen molar-refractivity contribution in [2.24, 2.45) is 5.41 Å². The molecule has 0 bridgehead atoms. The first kappa shape index (κ1) is 15.1. The lowest BCUT2D eigenvalue weighted by atomic mass is 9.60. The highest BCUT2D eigenvalue weighted by Gasteiger charge is 2.56. The molecule has 2 unspecified atom stereocenters. The minimum atomic E-state index is 0.425. The molecule has 1 aromatic rings. The van der Waals surface area contributed by atoms with Gasteiger partial charge in [-0.15, -0.1) is 0 Å². The Balaban J connectivity index is 1.67. The number of hydrogen-bond acceptors (Lipinski definition) is 2. The molecule has 3 rings (SSSR count). The van der Waals surface area contributed by atoms with E-state index in [4.69, 9.17) is 4.74 Å². The van der Waals surface area contributed by atoms with E-state index in [0.29, 0.717) is 23.6 Å². The van der Waals surface area contributed by atoms with Crippen molar-refractivity contribution in [2.75, 3.05) is 6.61 Å². The van der Waals surface area contributed by atoms with E-state index >= 15 is 0 Å². The van der Waals surface area contributed by atoms with Gasteiger partial charge in [0.15, 0.2) is 0 Å². The van der Waals surface area contributed by atoms with Gasteiger partial charge >= 0.3 is 0 Å². The molecule has 21 heavy (non-hydrogen) atoms. The lowest BCUT2D eigenvalue weighted by Gasteiger charge is -2.55. The van der Waals surface area contributed by atoms with Gasteiger partial charge in [0.05, 0.1) is 6.10 Å². The van der Waals surface area contributed by atoms with Crippen LogP contribution in [0.5, 0.6) is 0 Å². The van der Waals surface area contributed by atoms with Crippen molar-refractivity contribution in [1.82, 2.24) is 5.32 Å². The van der Waals surface area contributed by atoms with Gasteiger partial charge in [0.1, 0.15) is 0 Å². The fraction of sp³-hybridized carbons (Fsp3) is 0.684. The Morgan fingerprint density at radius 1 is 1.33 bits per heavy atom. The average molecular weight is 287 g/mol. The van der Waals surface area contributed by atoms with Crippen LogP contribution in [0.2, 0.25) is 0 Å². The minimum absolute atomic E-state index is 0.425. The molecule has 1 aromatic carbocycles. The molecule has 2 heteroatoms. The fourth-order valence-corrected chi connectivity index (χ4v) is 4.46. The van der Waals surface area contributed by atoms with Crippen LogP contribution < -0.4 is 5.32 Å². The summed E-state index contributed by atoms with van der Waals surface area (Å²) in [6.07, 6.45) is 7.11. The maximum absolute atomic E-state index is 6.01. The van der Waals surface area contributed by atoms with Gasteiger partial charge in [-0.25, -0.2) is 0 Å². The second kappa shape index (κ2) is 6.10. The van der Waals surface area contributed by atoms with Crippen LogP contribution in [0.25, 0.3) is 0 Å². The second-order valence-electron chi connectivity index (χ2n) is 6.98. The van der Waals surface area contributed by atoms with Gasteiger partial charge < -0.3 is 10.1 Å². The molecule has 116 valence electrons. The molecule has 0 saturated heterocycles. The van der Waals surface area contributed by atoms with Crippen molar-refractivity contribution in [1.29, 1.82) is 0 Å². The van der Waals surface area contributed by atoms with Gasteiger partial charge in [-0.3, -0.25) is 0 Å². The summed E-state index contributed by atoms with van der Waals surface area (Å²) in [5.74, 6) is 0. The molecule has 0 aromatic heterocycles. The maximum atomic E-state index is 6.01. The Morgan fingerprint density at radius 2 is 2.10 bits per heavy atom. The summed E-state index contributed by atoms with van der Waals surface area (Å²) < 4.78 is 6.01. The highest BCUT2D eigenvalue weighted by molar-refractivity contribution is 5.25. The first-order valence-electron chi connectivity index (χ1n) is 8.60. The zero-order chi connectivity index (χ0) is 14.9. The SMILES string of the molecule is CCOC1CC(N[C@@H](C)c2cccc(C)c2)C12CCCC2. The van der Waals surface area contributed by atoms with E-state index in [2.05, 4.69) is 50.4 Å². The minimum Gasteiger partial charge on any atom is -0.378 e.